The molecule has 2 unspecified atom stereocenters. The van der Waals surface area contributed by atoms with Crippen molar-refractivity contribution in [3.05, 3.63) is 23.7 Å². The second kappa shape index (κ2) is 9.65. The smallest absolute Gasteiger partial charge is 0.231 e. The molecule has 1 N–H and O–H groups in total. The molecule has 1 aliphatic carbocycles. The summed E-state index contributed by atoms with van der Waals surface area (Å²) in [4.78, 5) is 12.2. The molecule has 39 heavy (non-hydrogen) atoms. The minimum atomic E-state index is -1.22. The molecule has 206 valence electrons. The standard InChI is InChI=1S/C28H39N9OSi/c1-8-28-11-21(28)14-35(17-28)24-23-20(12-29)13-36(18-38-9-10-39(5,6)7)25(23)33-26(32-24)31-22-15-37(34-19(22)2)27(3,4)16-30/h13,15,21H,8-11,14,17-18H2,1-7H3,(H,31,32,33). The molecule has 11 heteroatoms. The van der Waals surface area contributed by atoms with Crippen LogP contribution in [0, 0.1) is 40.9 Å². The van der Waals surface area contributed by atoms with Gasteiger partial charge in [0.2, 0.25) is 5.95 Å². The van der Waals surface area contributed by atoms with Gasteiger partial charge in [-0.25, -0.2) is 0 Å². The molecule has 3 aromatic heterocycles. The summed E-state index contributed by atoms with van der Waals surface area (Å²) in [7, 11) is -1.22. The van der Waals surface area contributed by atoms with Gasteiger partial charge in [-0.1, -0.05) is 26.6 Å². The number of nitrogens with zero attached hydrogens (tertiary/aromatic N) is 8. The van der Waals surface area contributed by atoms with Gasteiger partial charge in [0.25, 0.3) is 0 Å². The first-order chi connectivity index (χ1) is 18.4. The van der Waals surface area contributed by atoms with Crippen LogP contribution < -0.4 is 10.2 Å². The van der Waals surface area contributed by atoms with E-state index in [4.69, 9.17) is 14.7 Å². The number of aryl methyl sites for hydroxylation is 1. The van der Waals surface area contributed by atoms with Gasteiger partial charge in [-0.2, -0.15) is 25.6 Å². The van der Waals surface area contributed by atoms with Crippen LogP contribution >= 0.6 is 0 Å². The second-order valence-corrected chi connectivity index (χ2v) is 18.5. The molecule has 0 bridgehead atoms. The maximum atomic E-state index is 10.1. The highest BCUT2D eigenvalue weighted by Gasteiger charge is 2.58. The van der Waals surface area contributed by atoms with E-state index in [9.17, 15) is 10.5 Å². The Bertz CT molecular complexity index is 1480. The lowest BCUT2D eigenvalue weighted by atomic mass is 10.0. The highest BCUT2D eigenvalue weighted by atomic mass is 28.3. The average Bonchev–Trinajstić information content (AvgIpc) is 3.15. The van der Waals surface area contributed by atoms with Crippen molar-refractivity contribution in [2.45, 2.75) is 78.5 Å². The predicted octanol–water partition coefficient (Wildman–Crippen LogP) is 5.36. The molecule has 2 fully saturated rings. The van der Waals surface area contributed by atoms with E-state index >= 15 is 0 Å². The minimum absolute atomic E-state index is 0.327. The maximum absolute atomic E-state index is 10.1. The Morgan fingerprint density at radius 3 is 2.64 bits per heavy atom. The number of aromatic nitrogens is 5. The third-order valence-corrected chi connectivity index (χ3v) is 10.0. The number of hydrogen-bond donors (Lipinski definition) is 1. The van der Waals surface area contributed by atoms with Gasteiger partial charge in [0.05, 0.1) is 34.6 Å². The lowest BCUT2D eigenvalue weighted by Crippen LogP contribution is -2.26. The maximum Gasteiger partial charge on any atom is 0.231 e. The fourth-order valence-corrected chi connectivity index (χ4v) is 6.27. The van der Waals surface area contributed by atoms with Crippen molar-refractivity contribution < 1.29 is 4.74 Å². The molecule has 0 aromatic carbocycles. The monoisotopic (exact) mass is 545 g/mol. The molecule has 4 heterocycles. The number of fused-ring (bicyclic) bond motifs is 2. The van der Waals surface area contributed by atoms with Gasteiger partial charge in [0.1, 0.15) is 24.2 Å². The Kier molecular flexibility index (Phi) is 6.72. The zero-order chi connectivity index (χ0) is 28.2. The van der Waals surface area contributed by atoms with Gasteiger partial charge in [-0.3, -0.25) is 4.68 Å². The summed E-state index contributed by atoms with van der Waals surface area (Å²) in [6.45, 7) is 17.7. The zero-order valence-electron chi connectivity index (χ0n) is 24.2. The molecular weight excluding hydrogens is 506 g/mol. The Morgan fingerprint density at radius 2 is 2.00 bits per heavy atom. The van der Waals surface area contributed by atoms with Crippen LogP contribution in [-0.2, 0) is 17.0 Å². The summed E-state index contributed by atoms with van der Waals surface area (Å²) in [5, 5.41) is 28.3. The van der Waals surface area contributed by atoms with Crippen molar-refractivity contribution >= 4 is 36.6 Å². The molecule has 2 atom stereocenters. The molecule has 1 saturated heterocycles. The summed E-state index contributed by atoms with van der Waals surface area (Å²) < 4.78 is 9.65. The number of hydrogen-bond acceptors (Lipinski definition) is 8. The van der Waals surface area contributed by atoms with Gasteiger partial charge in [0.15, 0.2) is 5.65 Å². The van der Waals surface area contributed by atoms with Gasteiger partial charge in [-0.05, 0) is 51.0 Å². The quantitative estimate of drug-likeness (QED) is 0.267. The summed E-state index contributed by atoms with van der Waals surface area (Å²) in [5.41, 5.74) is 2.31. The summed E-state index contributed by atoms with van der Waals surface area (Å²) >= 11 is 0. The number of ether oxygens (including phenoxy) is 1. The zero-order valence-corrected chi connectivity index (χ0v) is 25.2. The largest absolute Gasteiger partial charge is 0.361 e. The SMILES string of the molecule is CCC12CC1CN(c1nc(Nc3cn(C(C)(C)C#N)nc3C)nc3c1c(C#N)cn3COCC[Si](C)(C)C)C2. The normalized spacial score (nSPS) is 20.6. The Hall–Kier alpha value is -3.41. The van der Waals surface area contributed by atoms with Gasteiger partial charge in [-0.15, -0.1) is 0 Å². The van der Waals surface area contributed by atoms with Crippen LogP contribution in [0.4, 0.5) is 17.5 Å². The molecule has 0 radical (unpaired) electrons. The van der Waals surface area contributed by atoms with Gasteiger partial charge < -0.3 is 19.5 Å². The highest BCUT2D eigenvalue weighted by molar-refractivity contribution is 6.76. The molecule has 10 nitrogen and oxygen atoms in total. The Labute approximate surface area is 231 Å². The van der Waals surface area contributed by atoms with E-state index in [1.165, 1.54) is 6.42 Å². The van der Waals surface area contributed by atoms with Crippen molar-refractivity contribution in [2.75, 3.05) is 29.9 Å². The second-order valence-electron chi connectivity index (χ2n) is 12.9. The van der Waals surface area contributed by atoms with Crippen LogP contribution in [0.15, 0.2) is 12.4 Å². The number of piperidine rings is 1. The lowest BCUT2D eigenvalue weighted by molar-refractivity contribution is 0.0898. The number of rotatable bonds is 10. The number of anilines is 3. The van der Waals surface area contributed by atoms with E-state index in [2.05, 4.69) is 54.0 Å². The van der Waals surface area contributed by atoms with Crippen molar-refractivity contribution in [3.8, 4) is 12.1 Å². The van der Waals surface area contributed by atoms with E-state index < -0.39 is 13.6 Å². The van der Waals surface area contributed by atoms with Crippen LogP contribution in [0.5, 0.6) is 0 Å². The van der Waals surface area contributed by atoms with Crippen LogP contribution in [0.3, 0.4) is 0 Å². The molecule has 1 aliphatic heterocycles. The minimum Gasteiger partial charge on any atom is -0.361 e. The van der Waals surface area contributed by atoms with E-state index in [0.717, 1.165) is 48.1 Å². The topological polar surface area (TPSA) is 121 Å². The van der Waals surface area contributed by atoms with Crippen LogP contribution in [-0.4, -0.2) is 52.1 Å². The van der Waals surface area contributed by atoms with Crippen molar-refractivity contribution in [3.63, 3.8) is 0 Å². The average molecular weight is 546 g/mol. The van der Waals surface area contributed by atoms with Crippen molar-refractivity contribution in [1.82, 2.24) is 24.3 Å². The number of nitrogens with one attached hydrogen (secondary N) is 1. The third kappa shape index (κ3) is 5.13. The van der Waals surface area contributed by atoms with Crippen LogP contribution in [0.25, 0.3) is 11.0 Å². The fraction of sp³-hybridized carbons (Fsp3) is 0.607. The van der Waals surface area contributed by atoms with E-state index in [-0.39, 0.29) is 0 Å². The molecule has 0 amide bonds. The first-order valence-electron chi connectivity index (χ1n) is 13.8. The van der Waals surface area contributed by atoms with Crippen LogP contribution in [0.1, 0.15) is 44.9 Å². The van der Waals surface area contributed by atoms with E-state index in [0.29, 0.717) is 41.8 Å². The van der Waals surface area contributed by atoms with E-state index in [1.807, 2.05) is 37.7 Å². The Morgan fingerprint density at radius 1 is 1.23 bits per heavy atom. The molecule has 2 aliphatic rings. The number of nitriles is 2. The Balaban J connectivity index is 1.54. The first-order valence-corrected chi connectivity index (χ1v) is 17.5. The van der Waals surface area contributed by atoms with E-state index in [1.54, 1.807) is 4.68 Å². The highest BCUT2D eigenvalue weighted by Crippen LogP contribution is 2.60. The summed E-state index contributed by atoms with van der Waals surface area (Å²) in [5.74, 6) is 1.91. The molecule has 0 spiro atoms. The van der Waals surface area contributed by atoms with Gasteiger partial charge in [0, 0.05) is 34.0 Å². The molecule has 1 saturated carbocycles. The fourth-order valence-electron chi connectivity index (χ4n) is 5.52. The molecule has 3 aromatic rings. The molecule has 5 rings (SSSR count). The van der Waals surface area contributed by atoms with Crippen LogP contribution in [0.2, 0.25) is 25.7 Å². The lowest BCUT2D eigenvalue weighted by Gasteiger charge is -2.23. The first kappa shape index (κ1) is 27.2. The predicted molar refractivity (Wildman–Crippen MR) is 155 cm³/mol. The molecular formula is C28H39N9OSi. The third-order valence-electron chi connectivity index (χ3n) is 8.35. The van der Waals surface area contributed by atoms with Gasteiger partial charge >= 0.3 is 0 Å². The summed E-state index contributed by atoms with van der Waals surface area (Å²) in [6.07, 6.45) is 6.08. The van der Waals surface area contributed by atoms with Crippen molar-refractivity contribution in [2.24, 2.45) is 11.3 Å². The summed E-state index contributed by atoms with van der Waals surface area (Å²) in [6, 6.07) is 5.74. The van der Waals surface area contributed by atoms with Crippen molar-refractivity contribution in [1.29, 1.82) is 10.5 Å².